The van der Waals surface area contributed by atoms with Crippen LogP contribution < -0.4 is 10.6 Å². The summed E-state index contributed by atoms with van der Waals surface area (Å²) in [6.07, 6.45) is 0.303. The highest BCUT2D eigenvalue weighted by atomic mass is 35.5. The quantitative estimate of drug-likeness (QED) is 0.848. The zero-order valence-corrected chi connectivity index (χ0v) is 10.7. The smallest absolute Gasteiger partial charge is 0.239 e. The maximum atomic E-state index is 13.4. The number of hydrogen-bond donors (Lipinski definition) is 2. The largest absolute Gasteiger partial charge is 0.354 e. The molecule has 1 rings (SSSR count). The first kappa shape index (κ1) is 14.4. The molecule has 98 valence electrons. The van der Waals surface area contributed by atoms with Crippen LogP contribution in [0.2, 0.25) is 5.02 Å². The standard InChI is InChI=1S/C12H14ClFN2O2/c1-8(17)16-7-12(18)15-6-5-9-10(13)3-2-4-11(9)14/h2-4H,5-7H2,1H3,(H,15,18)(H,16,17). The van der Waals surface area contributed by atoms with Crippen LogP contribution in [0.1, 0.15) is 12.5 Å². The first-order chi connectivity index (χ1) is 8.50. The van der Waals surface area contributed by atoms with Gasteiger partial charge in [0.2, 0.25) is 11.8 Å². The van der Waals surface area contributed by atoms with Gasteiger partial charge in [-0.15, -0.1) is 0 Å². The summed E-state index contributed by atoms with van der Waals surface area (Å²) < 4.78 is 13.4. The van der Waals surface area contributed by atoms with Crippen LogP contribution in [0.4, 0.5) is 4.39 Å². The number of rotatable bonds is 5. The molecule has 0 saturated carbocycles. The van der Waals surface area contributed by atoms with E-state index in [1.165, 1.54) is 19.1 Å². The molecule has 0 radical (unpaired) electrons. The molecule has 1 aromatic rings. The third-order valence-corrected chi connectivity index (χ3v) is 2.61. The van der Waals surface area contributed by atoms with E-state index in [1.807, 2.05) is 0 Å². The summed E-state index contributed by atoms with van der Waals surface area (Å²) in [5.74, 6) is -0.987. The van der Waals surface area contributed by atoms with Crippen molar-refractivity contribution < 1.29 is 14.0 Å². The van der Waals surface area contributed by atoms with Crippen LogP contribution in [0.25, 0.3) is 0 Å². The second-order valence-corrected chi connectivity index (χ2v) is 4.12. The monoisotopic (exact) mass is 272 g/mol. The van der Waals surface area contributed by atoms with Crippen molar-refractivity contribution in [3.05, 3.63) is 34.6 Å². The van der Waals surface area contributed by atoms with Crippen molar-refractivity contribution in [2.75, 3.05) is 13.1 Å². The molecule has 0 fully saturated rings. The van der Waals surface area contributed by atoms with E-state index in [1.54, 1.807) is 6.07 Å². The van der Waals surface area contributed by atoms with Gasteiger partial charge in [0, 0.05) is 24.1 Å². The third kappa shape index (κ3) is 4.71. The molecule has 0 aliphatic carbocycles. The van der Waals surface area contributed by atoms with Crippen molar-refractivity contribution in [3.63, 3.8) is 0 Å². The predicted octanol–water partition coefficient (Wildman–Crippen LogP) is 1.27. The van der Waals surface area contributed by atoms with Gasteiger partial charge in [0.1, 0.15) is 5.82 Å². The first-order valence-corrected chi connectivity index (χ1v) is 5.82. The van der Waals surface area contributed by atoms with E-state index in [2.05, 4.69) is 10.6 Å². The minimum absolute atomic E-state index is 0.0830. The van der Waals surface area contributed by atoms with Gasteiger partial charge < -0.3 is 10.6 Å². The number of carbonyl (C=O) groups excluding carboxylic acids is 2. The summed E-state index contributed by atoms with van der Waals surface area (Å²) in [6.45, 7) is 1.51. The van der Waals surface area contributed by atoms with Gasteiger partial charge >= 0.3 is 0 Å². The summed E-state index contributed by atoms with van der Waals surface area (Å²) in [5, 5.41) is 5.27. The van der Waals surface area contributed by atoms with Gasteiger partial charge in [0.15, 0.2) is 0 Å². The summed E-state index contributed by atoms with van der Waals surface area (Å²) in [7, 11) is 0. The summed E-state index contributed by atoms with van der Waals surface area (Å²) in [6, 6.07) is 4.44. The Kier molecular flexibility index (Phi) is 5.58. The average Bonchev–Trinajstić information content (AvgIpc) is 2.30. The number of amides is 2. The molecule has 6 heteroatoms. The van der Waals surface area contributed by atoms with Crippen molar-refractivity contribution in [3.8, 4) is 0 Å². The van der Waals surface area contributed by atoms with E-state index in [0.717, 1.165) is 0 Å². The molecule has 0 atom stereocenters. The molecule has 0 aliphatic heterocycles. The van der Waals surface area contributed by atoms with Gasteiger partial charge in [-0.1, -0.05) is 17.7 Å². The van der Waals surface area contributed by atoms with Crippen LogP contribution in [0.5, 0.6) is 0 Å². The van der Waals surface area contributed by atoms with Crippen LogP contribution in [-0.4, -0.2) is 24.9 Å². The molecule has 2 N–H and O–H groups in total. The van der Waals surface area contributed by atoms with Crippen molar-refractivity contribution in [1.29, 1.82) is 0 Å². The molecule has 18 heavy (non-hydrogen) atoms. The molecule has 0 aliphatic rings. The molecule has 0 unspecified atom stereocenters. The highest BCUT2D eigenvalue weighted by Crippen LogP contribution is 2.18. The Morgan fingerprint density at radius 3 is 2.67 bits per heavy atom. The van der Waals surface area contributed by atoms with Gasteiger partial charge in [0.05, 0.1) is 6.54 Å². The molecule has 0 heterocycles. The van der Waals surface area contributed by atoms with Crippen LogP contribution in [0, 0.1) is 5.82 Å². The molecular weight excluding hydrogens is 259 g/mol. The second kappa shape index (κ2) is 6.96. The first-order valence-electron chi connectivity index (χ1n) is 5.44. The Labute approximate surface area is 110 Å². The fourth-order valence-electron chi connectivity index (χ4n) is 1.37. The Balaban J connectivity index is 2.38. The van der Waals surface area contributed by atoms with Gasteiger partial charge in [-0.2, -0.15) is 0 Å². The Hall–Kier alpha value is -1.62. The van der Waals surface area contributed by atoms with Crippen LogP contribution in [-0.2, 0) is 16.0 Å². The van der Waals surface area contributed by atoms with Crippen molar-refractivity contribution in [1.82, 2.24) is 10.6 Å². The van der Waals surface area contributed by atoms with E-state index < -0.39 is 5.82 Å². The van der Waals surface area contributed by atoms with E-state index >= 15 is 0 Å². The fourth-order valence-corrected chi connectivity index (χ4v) is 1.62. The number of hydrogen-bond acceptors (Lipinski definition) is 2. The average molecular weight is 273 g/mol. The molecule has 0 aromatic heterocycles. The Bertz CT molecular complexity index is 431. The number of halogens is 2. The fraction of sp³-hybridized carbons (Fsp3) is 0.333. The van der Waals surface area contributed by atoms with Crippen molar-refractivity contribution in [2.24, 2.45) is 0 Å². The van der Waals surface area contributed by atoms with E-state index in [9.17, 15) is 14.0 Å². The molecule has 0 bridgehead atoms. The lowest BCUT2D eigenvalue weighted by Crippen LogP contribution is -2.36. The Morgan fingerprint density at radius 2 is 2.06 bits per heavy atom. The normalized spacial score (nSPS) is 9.94. The Morgan fingerprint density at radius 1 is 1.33 bits per heavy atom. The lowest BCUT2D eigenvalue weighted by molar-refractivity contribution is -0.125. The van der Waals surface area contributed by atoms with E-state index in [4.69, 9.17) is 11.6 Å². The molecule has 0 spiro atoms. The number of carbonyl (C=O) groups is 2. The predicted molar refractivity (Wildman–Crippen MR) is 66.8 cm³/mol. The maximum absolute atomic E-state index is 13.4. The lowest BCUT2D eigenvalue weighted by atomic mass is 10.1. The SMILES string of the molecule is CC(=O)NCC(=O)NCCc1c(F)cccc1Cl. The third-order valence-electron chi connectivity index (χ3n) is 2.26. The molecule has 1 aromatic carbocycles. The number of benzene rings is 1. The van der Waals surface area contributed by atoms with Crippen LogP contribution in [0.3, 0.4) is 0 Å². The van der Waals surface area contributed by atoms with Crippen molar-refractivity contribution in [2.45, 2.75) is 13.3 Å². The number of nitrogens with one attached hydrogen (secondary N) is 2. The van der Waals surface area contributed by atoms with Gasteiger partial charge in [-0.3, -0.25) is 9.59 Å². The van der Waals surface area contributed by atoms with Gasteiger partial charge in [-0.25, -0.2) is 4.39 Å². The maximum Gasteiger partial charge on any atom is 0.239 e. The second-order valence-electron chi connectivity index (χ2n) is 3.71. The van der Waals surface area contributed by atoms with Gasteiger partial charge in [0.25, 0.3) is 0 Å². The van der Waals surface area contributed by atoms with Gasteiger partial charge in [-0.05, 0) is 18.6 Å². The molecular formula is C12H14ClFN2O2. The summed E-state index contributed by atoms with van der Waals surface area (Å²) in [5.41, 5.74) is 0.374. The lowest BCUT2D eigenvalue weighted by Gasteiger charge is -2.07. The van der Waals surface area contributed by atoms with Crippen LogP contribution in [0.15, 0.2) is 18.2 Å². The molecule has 0 saturated heterocycles. The van der Waals surface area contributed by atoms with E-state index in [-0.39, 0.29) is 24.9 Å². The topological polar surface area (TPSA) is 58.2 Å². The zero-order valence-electron chi connectivity index (χ0n) is 9.93. The summed E-state index contributed by atoms with van der Waals surface area (Å²) >= 11 is 5.84. The molecule has 4 nitrogen and oxygen atoms in total. The minimum atomic E-state index is -0.390. The van der Waals surface area contributed by atoms with E-state index in [0.29, 0.717) is 17.0 Å². The van der Waals surface area contributed by atoms with Crippen LogP contribution >= 0.6 is 11.6 Å². The highest BCUT2D eigenvalue weighted by Gasteiger charge is 2.07. The minimum Gasteiger partial charge on any atom is -0.354 e. The van der Waals surface area contributed by atoms with Crippen molar-refractivity contribution >= 4 is 23.4 Å². The summed E-state index contributed by atoms with van der Waals surface area (Å²) in [4.78, 5) is 21.8. The zero-order chi connectivity index (χ0) is 13.5. The molecule has 2 amide bonds. The highest BCUT2D eigenvalue weighted by molar-refractivity contribution is 6.31.